The van der Waals surface area contributed by atoms with Crippen LogP contribution in [-0.2, 0) is 5.41 Å². The molecule has 0 bridgehead atoms. The summed E-state index contributed by atoms with van der Waals surface area (Å²) in [6.45, 7) is 4.38. The summed E-state index contributed by atoms with van der Waals surface area (Å²) in [6.07, 6.45) is 0. The summed E-state index contributed by atoms with van der Waals surface area (Å²) in [7, 11) is 0. The Hall–Kier alpha value is -8.14. The number of benzene rings is 10. The van der Waals surface area contributed by atoms with Crippen LogP contribution in [0.15, 0.2) is 237 Å². The first kappa shape index (κ1) is 38.3. The maximum atomic E-state index is 2.72. The molecule has 0 N–H and O–H groups in total. The number of para-hydroxylation sites is 2. The minimum absolute atomic E-state index is 0.139. The molecule has 3 aliphatic heterocycles. The standard InChI is InChI=1S/C63H45BN2/c1-42-19-17-20-43(2)60(42)48-39-53-52-29-18-31-55-62(52)66(57-32-16-15-30-54(57)63(55,49-25-11-5-12-26-49)50-27-13-6-14-28-50)64-56-40-47(45-23-9-4-10-24-45)35-38-58(56)65(59(41-48)61(53)64)51-36-33-46(34-37-51)44-21-7-3-8-22-44/h3-41H,1-2H3. The minimum atomic E-state index is -0.582. The third-order valence-electron chi connectivity index (χ3n) is 14.6. The average Bonchev–Trinajstić information content (AvgIpc) is 3.38. The van der Waals surface area contributed by atoms with Crippen molar-refractivity contribution in [3.63, 3.8) is 0 Å². The number of hydrogen-bond acceptors (Lipinski definition) is 2. The van der Waals surface area contributed by atoms with Gasteiger partial charge in [0.2, 0.25) is 0 Å². The topological polar surface area (TPSA) is 6.48 Å². The van der Waals surface area contributed by atoms with Crippen molar-refractivity contribution in [3.05, 3.63) is 270 Å². The van der Waals surface area contributed by atoms with Crippen molar-refractivity contribution in [2.75, 3.05) is 9.71 Å². The van der Waals surface area contributed by atoms with E-state index in [1.807, 2.05) is 0 Å². The van der Waals surface area contributed by atoms with Gasteiger partial charge in [-0.2, -0.15) is 0 Å². The van der Waals surface area contributed by atoms with Crippen LogP contribution in [0, 0.1) is 13.8 Å². The van der Waals surface area contributed by atoms with E-state index < -0.39 is 5.41 Å². The summed E-state index contributed by atoms with van der Waals surface area (Å²) in [5.74, 6) is 0. The molecule has 0 atom stereocenters. The van der Waals surface area contributed by atoms with Gasteiger partial charge in [0.25, 0.3) is 0 Å². The molecule has 10 aromatic carbocycles. The highest BCUT2D eigenvalue weighted by molar-refractivity contribution is 6.93. The van der Waals surface area contributed by atoms with E-state index in [4.69, 9.17) is 0 Å². The van der Waals surface area contributed by atoms with Crippen LogP contribution in [0.5, 0.6) is 0 Å². The molecule has 2 nitrogen and oxygen atoms in total. The molecule has 66 heavy (non-hydrogen) atoms. The summed E-state index contributed by atoms with van der Waals surface area (Å²) in [5, 5.41) is 0. The van der Waals surface area contributed by atoms with Crippen LogP contribution in [0.4, 0.5) is 28.4 Å². The number of hydrogen-bond donors (Lipinski definition) is 0. The van der Waals surface area contributed by atoms with E-state index >= 15 is 0 Å². The monoisotopic (exact) mass is 840 g/mol. The first-order valence-corrected chi connectivity index (χ1v) is 23.1. The minimum Gasteiger partial charge on any atom is -0.376 e. The lowest BCUT2D eigenvalue weighted by molar-refractivity contribution is 0.734. The third-order valence-corrected chi connectivity index (χ3v) is 14.6. The lowest BCUT2D eigenvalue weighted by Gasteiger charge is -2.53. The molecule has 0 amide bonds. The lowest BCUT2D eigenvalue weighted by atomic mass is 9.42. The Labute approximate surface area is 387 Å². The molecular weight excluding hydrogens is 796 g/mol. The zero-order valence-corrected chi connectivity index (χ0v) is 37.0. The van der Waals surface area contributed by atoms with Crippen molar-refractivity contribution in [1.29, 1.82) is 0 Å². The van der Waals surface area contributed by atoms with Crippen molar-refractivity contribution in [3.8, 4) is 44.5 Å². The summed E-state index contributed by atoms with van der Waals surface area (Å²) in [4.78, 5) is 5.27. The molecule has 0 unspecified atom stereocenters. The third kappa shape index (κ3) is 5.56. The van der Waals surface area contributed by atoms with Gasteiger partial charge in [0.05, 0.1) is 5.41 Å². The van der Waals surface area contributed by atoms with Crippen molar-refractivity contribution in [2.45, 2.75) is 19.3 Å². The van der Waals surface area contributed by atoms with Gasteiger partial charge in [0, 0.05) is 34.0 Å². The van der Waals surface area contributed by atoms with E-state index in [9.17, 15) is 0 Å². The Morgan fingerprint density at radius 2 is 0.924 bits per heavy atom. The molecule has 0 fully saturated rings. The number of aryl methyl sites for hydroxylation is 2. The summed E-state index contributed by atoms with van der Waals surface area (Å²) in [5.41, 5.74) is 25.5. The predicted molar refractivity (Wildman–Crippen MR) is 278 cm³/mol. The maximum Gasteiger partial charge on any atom is 0.333 e. The SMILES string of the molecule is Cc1cccc(C)c1-c1cc2c3c(c1)N(c1ccc(-c4ccccc4)cc1)c1ccc(-c4ccccc4)cc1B3N1c3ccccc3C(c3ccccc3)(c3ccccc3)c3cccc-2c31. The molecule has 0 radical (unpaired) electrons. The number of nitrogens with zero attached hydrogens (tertiary/aromatic N) is 2. The van der Waals surface area contributed by atoms with Gasteiger partial charge in [0.15, 0.2) is 0 Å². The van der Waals surface area contributed by atoms with Crippen LogP contribution in [-0.4, -0.2) is 6.85 Å². The fourth-order valence-corrected chi connectivity index (χ4v) is 11.8. The Bertz CT molecular complexity index is 3430. The lowest BCUT2D eigenvalue weighted by Crippen LogP contribution is -2.63. The molecule has 0 aromatic heterocycles. The molecular formula is C63H45BN2. The van der Waals surface area contributed by atoms with Gasteiger partial charge in [-0.05, 0) is 133 Å². The van der Waals surface area contributed by atoms with Crippen molar-refractivity contribution < 1.29 is 0 Å². The smallest absolute Gasteiger partial charge is 0.333 e. The summed E-state index contributed by atoms with van der Waals surface area (Å²) >= 11 is 0. The average molecular weight is 841 g/mol. The fraction of sp³-hybridized carbons (Fsp3) is 0.0476. The molecule has 3 heterocycles. The van der Waals surface area contributed by atoms with Crippen molar-refractivity contribution in [2.24, 2.45) is 0 Å². The van der Waals surface area contributed by atoms with Crippen LogP contribution in [0.1, 0.15) is 33.4 Å². The highest BCUT2D eigenvalue weighted by atomic mass is 15.2. The van der Waals surface area contributed by atoms with Gasteiger partial charge < -0.3 is 9.71 Å². The summed E-state index contributed by atoms with van der Waals surface area (Å²) < 4.78 is 0. The van der Waals surface area contributed by atoms with Crippen molar-refractivity contribution in [1.82, 2.24) is 0 Å². The second kappa shape index (κ2) is 15.0. The van der Waals surface area contributed by atoms with E-state index in [1.54, 1.807) is 0 Å². The van der Waals surface area contributed by atoms with Gasteiger partial charge >= 0.3 is 6.85 Å². The first-order valence-electron chi connectivity index (χ1n) is 23.1. The van der Waals surface area contributed by atoms with E-state index in [2.05, 4.69) is 260 Å². The predicted octanol–water partition coefficient (Wildman–Crippen LogP) is 14.7. The number of fused-ring (bicyclic) bond motifs is 6. The Kier molecular flexibility index (Phi) is 8.70. The molecule has 3 heteroatoms. The largest absolute Gasteiger partial charge is 0.376 e. The molecule has 3 aliphatic rings. The molecule has 0 aliphatic carbocycles. The molecule has 0 saturated carbocycles. The first-order chi connectivity index (χ1) is 32.6. The van der Waals surface area contributed by atoms with Gasteiger partial charge in [-0.15, -0.1) is 0 Å². The van der Waals surface area contributed by atoms with Crippen LogP contribution < -0.4 is 20.6 Å². The van der Waals surface area contributed by atoms with Gasteiger partial charge in [-0.25, -0.2) is 0 Å². The second-order valence-corrected chi connectivity index (χ2v) is 18.1. The maximum absolute atomic E-state index is 2.72. The molecule has 0 saturated heterocycles. The molecule has 0 spiro atoms. The molecule has 310 valence electrons. The Balaban J connectivity index is 1.17. The van der Waals surface area contributed by atoms with Crippen molar-refractivity contribution >= 4 is 46.2 Å². The quantitative estimate of drug-likeness (QED) is 0.154. The Morgan fingerprint density at radius 3 is 1.59 bits per heavy atom. The number of anilines is 5. The fourth-order valence-electron chi connectivity index (χ4n) is 11.8. The Morgan fingerprint density at radius 1 is 0.379 bits per heavy atom. The zero-order valence-electron chi connectivity index (χ0n) is 37.0. The van der Waals surface area contributed by atoms with Gasteiger partial charge in [-0.3, -0.25) is 0 Å². The highest BCUT2D eigenvalue weighted by Gasteiger charge is 2.53. The highest BCUT2D eigenvalue weighted by Crippen LogP contribution is 2.60. The van der Waals surface area contributed by atoms with Crippen LogP contribution in [0.3, 0.4) is 0 Å². The number of rotatable bonds is 6. The second-order valence-electron chi connectivity index (χ2n) is 18.1. The van der Waals surface area contributed by atoms with Gasteiger partial charge in [-0.1, -0.05) is 200 Å². The van der Waals surface area contributed by atoms with Crippen LogP contribution in [0.25, 0.3) is 44.5 Å². The van der Waals surface area contributed by atoms with Gasteiger partial charge in [0.1, 0.15) is 0 Å². The molecule has 10 aromatic rings. The summed E-state index contributed by atoms with van der Waals surface area (Å²) in [6, 6.07) is 88.4. The zero-order chi connectivity index (χ0) is 43.9. The van der Waals surface area contributed by atoms with E-state index in [0.717, 1.165) is 5.69 Å². The van der Waals surface area contributed by atoms with E-state index in [1.165, 1.54) is 112 Å². The van der Waals surface area contributed by atoms with E-state index in [0.29, 0.717) is 0 Å². The molecule has 13 rings (SSSR count). The van der Waals surface area contributed by atoms with Crippen LogP contribution >= 0.6 is 0 Å². The van der Waals surface area contributed by atoms with E-state index in [-0.39, 0.29) is 6.85 Å². The normalized spacial score (nSPS) is 13.6. The van der Waals surface area contributed by atoms with Crippen LogP contribution in [0.2, 0.25) is 0 Å².